The van der Waals surface area contributed by atoms with Crippen LogP contribution in [-0.4, -0.2) is 46.9 Å². The van der Waals surface area contributed by atoms with Gasteiger partial charge in [0.05, 0.1) is 23.7 Å². The Bertz CT molecular complexity index is 2110. The van der Waals surface area contributed by atoms with Crippen molar-refractivity contribution >= 4 is 19.5 Å². The number of benzene rings is 3. The van der Waals surface area contributed by atoms with Crippen LogP contribution in [0.5, 0.6) is 5.75 Å². The first kappa shape index (κ1) is 32.5. The summed E-state index contributed by atoms with van der Waals surface area (Å²) < 4.78 is 15.6. The Kier molecular flexibility index (Phi) is 8.73. The Morgan fingerprint density at radius 1 is 0.939 bits per heavy atom. The van der Waals surface area contributed by atoms with Crippen LogP contribution in [-0.2, 0) is 17.0 Å². The Hall–Kier alpha value is -4.99. The topological polar surface area (TPSA) is 82.7 Å². The van der Waals surface area contributed by atoms with Crippen molar-refractivity contribution in [1.29, 1.82) is 0 Å². The molecule has 1 N–H and O–H groups in total. The number of pyridine rings is 1. The average Bonchev–Trinajstić information content (AvgIpc) is 3.57. The summed E-state index contributed by atoms with van der Waals surface area (Å²) in [5.41, 5.74) is 8.18. The number of aryl methyl sites for hydroxylation is 1. The maximum Gasteiger partial charge on any atom is 0.251 e. The standard InChI is InChI=1S/C40H43N5O3Si/c1-28-11-12-31(39(46)42-40(18-19-40)32-9-7-6-8-10-32)25-34(28)30-17-21-45-35(26-30)36(37(43-45)29-13-15-33(47-2)16-14-29)38-41-20-22-44(38)27-48-23-24-49(3,4)5/h6-17,20-22,25-26H,18-19,23-24,27H2,1-5H3,(H,42,46). The van der Waals surface area contributed by atoms with Crippen LogP contribution in [0.15, 0.2) is 104 Å². The summed E-state index contributed by atoms with van der Waals surface area (Å²) in [4.78, 5) is 18.5. The highest BCUT2D eigenvalue weighted by Crippen LogP contribution is 2.45. The van der Waals surface area contributed by atoms with Gasteiger partial charge in [-0.25, -0.2) is 9.50 Å². The van der Waals surface area contributed by atoms with Crippen LogP contribution >= 0.6 is 0 Å². The Labute approximate surface area is 288 Å². The van der Waals surface area contributed by atoms with Crippen LogP contribution in [0, 0.1) is 6.92 Å². The molecule has 0 atom stereocenters. The highest BCUT2D eigenvalue weighted by molar-refractivity contribution is 6.76. The van der Waals surface area contributed by atoms with Crippen molar-refractivity contribution < 1.29 is 14.3 Å². The van der Waals surface area contributed by atoms with Crippen molar-refractivity contribution in [3.63, 3.8) is 0 Å². The number of nitrogens with one attached hydrogen (secondary N) is 1. The quantitative estimate of drug-likeness (QED) is 0.104. The summed E-state index contributed by atoms with van der Waals surface area (Å²) in [5.74, 6) is 1.50. The van der Waals surface area contributed by atoms with Crippen molar-refractivity contribution in [2.75, 3.05) is 13.7 Å². The molecule has 0 spiro atoms. The van der Waals surface area contributed by atoms with Gasteiger partial charge in [-0.2, -0.15) is 5.10 Å². The molecule has 9 heteroatoms. The predicted octanol–water partition coefficient (Wildman–Crippen LogP) is 8.58. The maximum atomic E-state index is 13.6. The molecule has 49 heavy (non-hydrogen) atoms. The van der Waals surface area contributed by atoms with Crippen molar-refractivity contribution in [3.8, 4) is 39.5 Å². The molecule has 0 saturated heterocycles. The monoisotopic (exact) mass is 669 g/mol. The van der Waals surface area contributed by atoms with Gasteiger partial charge in [-0.3, -0.25) is 4.79 Å². The lowest BCUT2D eigenvalue weighted by molar-refractivity contribution is 0.0883. The van der Waals surface area contributed by atoms with Crippen LogP contribution in [0.4, 0.5) is 0 Å². The smallest absolute Gasteiger partial charge is 0.251 e. The largest absolute Gasteiger partial charge is 0.497 e. The van der Waals surface area contributed by atoms with Gasteiger partial charge in [0.15, 0.2) is 0 Å². The Morgan fingerprint density at radius 3 is 2.43 bits per heavy atom. The fourth-order valence-corrected chi connectivity index (χ4v) is 7.06. The third-order valence-electron chi connectivity index (χ3n) is 9.40. The number of fused-ring (bicyclic) bond motifs is 1. The molecular weight excluding hydrogens is 627 g/mol. The van der Waals surface area contributed by atoms with E-state index in [1.165, 1.54) is 0 Å². The van der Waals surface area contributed by atoms with E-state index in [4.69, 9.17) is 19.6 Å². The molecule has 1 aliphatic rings. The highest BCUT2D eigenvalue weighted by atomic mass is 28.3. The molecule has 3 aromatic heterocycles. The molecule has 1 saturated carbocycles. The molecule has 250 valence electrons. The summed E-state index contributed by atoms with van der Waals surface area (Å²) in [7, 11) is 0.446. The summed E-state index contributed by atoms with van der Waals surface area (Å²) in [5, 5.41) is 8.40. The van der Waals surface area contributed by atoms with Crippen LogP contribution in [0.2, 0.25) is 25.7 Å². The summed E-state index contributed by atoms with van der Waals surface area (Å²) in [6.45, 7) is 10.3. The third kappa shape index (κ3) is 6.82. The van der Waals surface area contributed by atoms with E-state index in [1.807, 2.05) is 83.8 Å². The van der Waals surface area contributed by atoms with E-state index < -0.39 is 8.07 Å². The maximum absolute atomic E-state index is 13.6. The number of hydrogen-bond acceptors (Lipinski definition) is 5. The van der Waals surface area contributed by atoms with Gasteiger partial charge in [0.2, 0.25) is 0 Å². The molecule has 3 aromatic carbocycles. The normalized spacial score (nSPS) is 13.8. The SMILES string of the molecule is COc1ccc(-c2nn3ccc(-c4cc(C(=O)NC5(c6ccccc6)CC5)ccc4C)cc3c2-c2nccn2COCC[Si](C)(C)C)cc1. The zero-order chi connectivity index (χ0) is 34.2. The molecule has 6 aromatic rings. The van der Waals surface area contributed by atoms with E-state index in [0.717, 1.165) is 75.1 Å². The number of nitrogens with zero attached hydrogens (tertiary/aromatic N) is 4. The van der Waals surface area contributed by atoms with Crippen LogP contribution in [0.25, 0.3) is 39.3 Å². The fourth-order valence-electron chi connectivity index (χ4n) is 6.30. The average molecular weight is 670 g/mol. The lowest BCUT2D eigenvalue weighted by Gasteiger charge is -2.18. The van der Waals surface area contributed by atoms with Crippen LogP contribution in [0.3, 0.4) is 0 Å². The predicted molar refractivity (Wildman–Crippen MR) is 197 cm³/mol. The van der Waals surface area contributed by atoms with Gasteiger partial charge in [-0.15, -0.1) is 0 Å². The number of imidazole rings is 1. The van der Waals surface area contributed by atoms with Crippen molar-refractivity contribution in [2.24, 2.45) is 0 Å². The minimum atomic E-state index is -1.22. The van der Waals surface area contributed by atoms with Gasteiger partial charge in [0, 0.05) is 44.4 Å². The number of carbonyl (C=O) groups is 1. The van der Waals surface area contributed by atoms with Gasteiger partial charge >= 0.3 is 0 Å². The number of aromatic nitrogens is 4. The molecule has 1 amide bonds. The number of ether oxygens (including phenoxy) is 2. The third-order valence-corrected chi connectivity index (χ3v) is 11.1. The number of methoxy groups -OCH3 is 1. The molecule has 1 fully saturated rings. The lowest BCUT2D eigenvalue weighted by atomic mass is 9.97. The number of amides is 1. The number of rotatable bonds is 12. The van der Waals surface area contributed by atoms with E-state index in [2.05, 4.69) is 60.7 Å². The lowest BCUT2D eigenvalue weighted by Crippen LogP contribution is -2.34. The van der Waals surface area contributed by atoms with E-state index in [0.29, 0.717) is 18.9 Å². The summed E-state index contributed by atoms with van der Waals surface area (Å²) in [6, 6.07) is 29.5. The first-order valence-electron chi connectivity index (χ1n) is 16.9. The fraction of sp³-hybridized carbons (Fsp3) is 0.275. The molecule has 1 aliphatic carbocycles. The first-order chi connectivity index (χ1) is 23.6. The van der Waals surface area contributed by atoms with Gasteiger partial charge in [0.25, 0.3) is 5.91 Å². The number of carbonyl (C=O) groups excluding carboxylic acids is 1. The van der Waals surface area contributed by atoms with Gasteiger partial charge < -0.3 is 19.4 Å². The summed E-state index contributed by atoms with van der Waals surface area (Å²) in [6.07, 6.45) is 7.65. The molecule has 8 nitrogen and oxygen atoms in total. The molecule has 7 rings (SSSR count). The van der Waals surface area contributed by atoms with E-state index in [1.54, 1.807) is 7.11 Å². The Morgan fingerprint density at radius 2 is 1.71 bits per heavy atom. The van der Waals surface area contributed by atoms with Gasteiger partial charge in [-0.1, -0.05) is 56.0 Å². The van der Waals surface area contributed by atoms with E-state index >= 15 is 0 Å². The van der Waals surface area contributed by atoms with Crippen molar-refractivity contribution in [2.45, 2.75) is 57.7 Å². The van der Waals surface area contributed by atoms with Crippen LogP contribution in [0.1, 0.15) is 34.3 Å². The zero-order valence-electron chi connectivity index (χ0n) is 28.9. The molecule has 0 radical (unpaired) electrons. The zero-order valence-corrected chi connectivity index (χ0v) is 29.9. The van der Waals surface area contributed by atoms with Crippen molar-refractivity contribution in [1.82, 2.24) is 24.5 Å². The highest BCUT2D eigenvalue weighted by Gasteiger charge is 2.45. The molecular formula is C40H43N5O3Si. The number of hydrogen-bond donors (Lipinski definition) is 1. The molecule has 0 unspecified atom stereocenters. The minimum absolute atomic E-state index is 0.0633. The molecule has 0 bridgehead atoms. The molecule has 3 heterocycles. The minimum Gasteiger partial charge on any atom is -0.497 e. The second-order valence-electron chi connectivity index (χ2n) is 14.2. The first-order valence-corrected chi connectivity index (χ1v) is 20.6. The van der Waals surface area contributed by atoms with Crippen LogP contribution < -0.4 is 10.1 Å². The van der Waals surface area contributed by atoms with E-state index in [9.17, 15) is 4.79 Å². The van der Waals surface area contributed by atoms with Gasteiger partial charge in [-0.05, 0) is 96.6 Å². The van der Waals surface area contributed by atoms with E-state index in [-0.39, 0.29) is 11.4 Å². The van der Waals surface area contributed by atoms with Crippen molar-refractivity contribution in [3.05, 3.63) is 120 Å². The van der Waals surface area contributed by atoms with Gasteiger partial charge in [0.1, 0.15) is 24.0 Å². The Balaban J connectivity index is 1.27. The summed E-state index contributed by atoms with van der Waals surface area (Å²) >= 11 is 0. The second kappa shape index (κ2) is 13.1. The second-order valence-corrected chi connectivity index (χ2v) is 19.8. The molecule has 0 aliphatic heterocycles.